The van der Waals surface area contributed by atoms with Crippen molar-refractivity contribution in [2.45, 2.75) is 6.36 Å². The fourth-order valence-corrected chi connectivity index (χ4v) is 1.80. The Morgan fingerprint density at radius 2 is 1.81 bits per heavy atom. The third kappa shape index (κ3) is 3.71. The van der Waals surface area contributed by atoms with Crippen molar-refractivity contribution in [3.8, 4) is 16.9 Å². The molecule has 2 rings (SSSR count). The van der Waals surface area contributed by atoms with Crippen molar-refractivity contribution < 1.29 is 32.2 Å². The molecule has 0 aliphatic rings. The van der Waals surface area contributed by atoms with Gasteiger partial charge in [0.1, 0.15) is 11.6 Å². The molecular formula is C14H8F4O3. The van der Waals surface area contributed by atoms with Gasteiger partial charge in [0.25, 0.3) is 0 Å². The molecule has 0 saturated carbocycles. The van der Waals surface area contributed by atoms with Crippen LogP contribution in [0.3, 0.4) is 0 Å². The van der Waals surface area contributed by atoms with Crippen molar-refractivity contribution in [1.82, 2.24) is 0 Å². The largest absolute Gasteiger partial charge is 0.573 e. The van der Waals surface area contributed by atoms with E-state index in [2.05, 4.69) is 4.74 Å². The molecule has 0 heterocycles. The lowest BCUT2D eigenvalue weighted by atomic mass is 9.99. The molecule has 0 fully saturated rings. The normalized spacial score (nSPS) is 11.2. The Balaban J connectivity index is 2.50. The van der Waals surface area contributed by atoms with Gasteiger partial charge < -0.3 is 9.84 Å². The molecule has 0 aromatic heterocycles. The van der Waals surface area contributed by atoms with Gasteiger partial charge in [0.2, 0.25) is 0 Å². The predicted octanol–water partition coefficient (Wildman–Crippen LogP) is 4.09. The minimum Gasteiger partial charge on any atom is -0.478 e. The van der Waals surface area contributed by atoms with Crippen LogP contribution >= 0.6 is 0 Å². The quantitative estimate of drug-likeness (QED) is 0.868. The van der Waals surface area contributed by atoms with Crippen molar-refractivity contribution in [2.75, 3.05) is 0 Å². The molecule has 0 atom stereocenters. The first-order valence-electron chi connectivity index (χ1n) is 5.65. The van der Waals surface area contributed by atoms with Crippen LogP contribution in [0.1, 0.15) is 10.4 Å². The first kappa shape index (κ1) is 14.8. The maximum absolute atomic E-state index is 13.3. The SMILES string of the molecule is O=C(O)c1ccc(F)cc1-c1cccc(OC(F)(F)F)c1. The lowest BCUT2D eigenvalue weighted by Crippen LogP contribution is -2.17. The van der Waals surface area contributed by atoms with E-state index in [4.69, 9.17) is 5.11 Å². The summed E-state index contributed by atoms with van der Waals surface area (Å²) in [4.78, 5) is 11.1. The highest BCUT2D eigenvalue weighted by Crippen LogP contribution is 2.30. The number of halogens is 4. The minimum absolute atomic E-state index is 0.0323. The summed E-state index contributed by atoms with van der Waals surface area (Å²) in [6.45, 7) is 0. The van der Waals surface area contributed by atoms with E-state index in [9.17, 15) is 22.4 Å². The van der Waals surface area contributed by atoms with Crippen LogP contribution in [-0.4, -0.2) is 17.4 Å². The number of carbonyl (C=O) groups is 1. The van der Waals surface area contributed by atoms with Crippen LogP contribution in [0.5, 0.6) is 5.75 Å². The molecule has 0 saturated heterocycles. The third-order valence-corrected chi connectivity index (χ3v) is 2.59. The molecule has 0 aliphatic heterocycles. The Labute approximate surface area is 116 Å². The molecule has 0 unspecified atom stereocenters. The number of hydrogen-bond donors (Lipinski definition) is 1. The van der Waals surface area contributed by atoms with E-state index in [0.717, 1.165) is 30.3 Å². The first-order valence-corrected chi connectivity index (χ1v) is 5.65. The van der Waals surface area contributed by atoms with E-state index in [1.807, 2.05) is 0 Å². The number of carboxylic acid groups (broad SMARTS) is 1. The molecule has 0 bridgehead atoms. The van der Waals surface area contributed by atoms with Crippen LogP contribution in [0, 0.1) is 5.82 Å². The Morgan fingerprint density at radius 1 is 1.10 bits per heavy atom. The van der Waals surface area contributed by atoms with Gasteiger partial charge in [-0.15, -0.1) is 13.2 Å². The van der Waals surface area contributed by atoms with E-state index in [1.54, 1.807) is 0 Å². The van der Waals surface area contributed by atoms with Gasteiger partial charge in [-0.05, 0) is 41.5 Å². The lowest BCUT2D eigenvalue weighted by molar-refractivity contribution is -0.274. The van der Waals surface area contributed by atoms with Gasteiger partial charge in [0, 0.05) is 0 Å². The highest BCUT2D eigenvalue weighted by molar-refractivity contribution is 5.96. The summed E-state index contributed by atoms with van der Waals surface area (Å²) in [5.41, 5.74) is -0.149. The van der Waals surface area contributed by atoms with Crippen molar-refractivity contribution in [3.05, 3.63) is 53.8 Å². The van der Waals surface area contributed by atoms with Crippen molar-refractivity contribution in [3.63, 3.8) is 0 Å². The van der Waals surface area contributed by atoms with Gasteiger partial charge >= 0.3 is 12.3 Å². The molecule has 2 aromatic carbocycles. The molecule has 0 aliphatic carbocycles. The van der Waals surface area contributed by atoms with Gasteiger partial charge in [0.15, 0.2) is 0 Å². The molecular weight excluding hydrogens is 292 g/mol. The second kappa shape index (κ2) is 5.43. The third-order valence-electron chi connectivity index (χ3n) is 2.59. The zero-order valence-corrected chi connectivity index (χ0v) is 10.3. The van der Waals surface area contributed by atoms with Gasteiger partial charge in [0.05, 0.1) is 5.56 Å². The monoisotopic (exact) mass is 300 g/mol. The van der Waals surface area contributed by atoms with Crippen LogP contribution in [0.25, 0.3) is 11.1 Å². The number of aromatic carboxylic acids is 1. The number of alkyl halides is 3. The number of rotatable bonds is 3. The lowest BCUT2D eigenvalue weighted by Gasteiger charge is -2.11. The molecule has 110 valence electrons. The highest BCUT2D eigenvalue weighted by Gasteiger charge is 2.31. The van der Waals surface area contributed by atoms with Crippen LogP contribution in [-0.2, 0) is 0 Å². The topological polar surface area (TPSA) is 46.5 Å². The second-order valence-electron chi connectivity index (χ2n) is 4.07. The fourth-order valence-electron chi connectivity index (χ4n) is 1.80. The number of hydrogen-bond acceptors (Lipinski definition) is 2. The van der Waals surface area contributed by atoms with E-state index in [1.165, 1.54) is 12.1 Å². The Hall–Kier alpha value is -2.57. The first-order chi connectivity index (χ1) is 9.76. The van der Waals surface area contributed by atoms with E-state index in [0.29, 0.717) is 0 Å². The molecule has 0 spiro atoms. The van der Waals surface area contributed by atoms with Crippen molar-refractivity contribution in [2.24, 2.45) is 0 Å². The Kier molecular flexibility index (Phi) is 3.84. The average molecular weight is 300 g/mol. The summed E-state index contributed by atoms with van der Waals surface area (Å²) < 4.78 is 53.5. The Bertz CT molecular complexity index is 680. The van der Waals surface area contributed by atoms with Crippen LogP contribution in [0.15, 0.2) is 42.5 Å². The number of ether oxygens (including phenoxy) is 1. The van der Waals surface area contributed by atoms with Crippen molar-refractivity contribution >= 4 is 5.97 Å². The summed E-state index contributed by atoms with van der Waals surface area (Å²) in [7, 11) is 0. The maximum atomic E-state index is 13.3. The van der Waals surface area contributed by atoms with E-state index < -0.39 is 23.9 Å². The van der Waals surface area contributed by atoms with Crippen LogP contribution in [0.2, 0.25) is 0 Å². The fraction of sp³-hybridized carbons (Fsp3) is 0.0714. The number of carboxylic acids is 1. The molecule has 0 radical (unpaired) electrons. The zero-order valence-electron chi connectivity index (χ0n) is 10.3. The number of benzene rings is 2. The molecule has 1 N–H and O–H groups in total. The zero-order chi connectivity index (χ0) is 15.6. The molecule has 3 nitrogen and oxygen atoms in total. The minimum atomic E-state index is -4.86. The van der Waals surface area contributed by atoms with E-state index in [-0.39, 0.29) is 16.7 Å². The van der Waals surface area contributed by atoms with Gasteiger partial charge in [-0.2, -0.15) is 0 Å². The molecule has 0 amide bonds. The van der Waals surface area contributed by atoms with Crippen molar-refractivity contribution in [1.29, 1.82) is 0 Å². The van der Waals surface area contributed by atoms with Gasteiger partial charge in [-0.1, -0.05) is 12.1 Å². The van der Waals surface area contributed by atoms with Crippen LogP contribution in [0.4, 0.5) is 17.6 Å². The summed E-state index contributed by atoms with van der Waals surface area (Å²) >= 11 is 0. The summed E-state index contributed by atoms with van der Waals surface area (Å²) in [6, 6.07) is 7.63. The molecule has 7 heteroatoms. The highest BCUT2D eigenvalue weighted by atomic mass is 19.4. The van der Waals surface area contributed by atoms with Crippen LogP contribution < -0.4 is 4.74 Å². The van der Waals surface area contributed by atoms with E-state index >= 15 is 0 Å². The molecule has 21 heavy (non-hydrogen) atoms. The molecule has 2 aromatic rings. The van der Waals surface area contributed by atoms with Gasteiger partial charge in [-0.3, -0.25) is 0 Å². The average Bonchev–Trinajstić information content (AvgIpc) is 2.36. The summed E-state index contributed by atoms with van der Waals surface area (Å²) in [6.07, 6.45) is -4.86. The maximum Gasteiger partial charge on any atom is 0.573 e. The smallest absolute Gasteiger partial charge is 0.478 e. The Morgan fingerprint density at radius 3 is 2.43 bits per heavy atom. The summed E-state index contributed by atoms with van der Waals surface area (Å²) in [5, 5.41) is 9.04. The second-order valence-corrected chi connectivity index (χ2v) is 4.07. The van der Waals surface area contributed by atoms with Gasteiger partial charge in [-0.25, -0.2) is 9.18 Å². The predicted molar refractivity (Wildman–Crippen MR) is 65.5 cm³/mol. The standard InChI is InChI=1S/C14H8F4O3/c15-9-4-5-11(13(19)20)12(7-9)8-2-1-3-10(6-8)21-14(16,17)18/h1-7H,(H,19,20). The summed E-state index contributed by atoms with van der Waals surface area (Å²) in [5.74, 6) is -2.52.